The van der Waals surface area contributed by atoms with Gasteiger partial charge in [-0.3, -0.25) is 9.80 Å². The number of hydrogen-bond acceptors (Lipinski definition) is 6. The molecule has 2 aliphatic heterocycles. The molecule has 4 rings (SSSR count). The molecular weight excluding hydrogens is 451 g/mol. The Labute approximate surface area is 189 Å². The van der Waals surface area contributed by atoms with E-state index in [-0.39, 0.29) is 10.6 Å². The molecule has 32 heavy (non-hydrogen) atoms. The van der Waals surface area contributed by atoms with Gasteiger partial charge in [0.1, 0.15) is 5.82 Å². The van der Waals surface area contributed by atoms with E-state index in [2.05, 4.69) is 17.1 Å². The lowest BCUT2D eigenvalue weighted by Crippen LogP contribution is -2.54. The van der Waals surface area contributed by atoms with Crippen molar-refractivity contribution in [2.75, 3.05) is 44.2 Å². The Morgan fingerprint density at radius 3 is 2.25 bits per heavy atom. The Bertz CT molecular complexity index is 1160. The molecule has 9 heteroatoms. The van der Waals surface area contributed by atoms with Crippen LogP contribution in [0.25, 0.3) is 6.08 Å². The third-order valence-electron chi connectivity index (χ3n) is 6.16. The van der Waals surface area contributed by atoms with Gasteiger partial charge in [-0.1, -0.05) is 42.5 Å². The zero-order chi connectivity index (χ0) is 22.8. The summed E-state index contributed by atoms with van der Waals surface area (Å²) in [6.07, 6.45) is 4.17. The minimum Gasteiger partial charge on any atom is -0.297 e. The summed E-state index contributed by atoms with van der Waals surface area (Å²) in [5.74, 6) is -1.08. The van der Waals surface area contributed by atoms with Gasteiger partial charge in [0.25, 0.3) is 0 Å². The molecule has 0 spiro atoms. The summed E-state index contributed by atoms with van der Waals surface area (Å²) in [5, 5.41) is -1.04. The van der Waals surface area contributed by atoms with E-state index in [9.17, 15) is 21.2 Å². The summed E-state index contributed by atoms with van der Waals surface area (Å²) < 4.78 is 64.4. The van der Waals surface area contributed by atoms with Gasteiger partial charge < -0.3 is 0 Å². The predicted octanol–water partition coefficient (Wildman–Crippen LogP) is 2.10. The van der Waals surface area contributed by atoms with Crippen LogP contribution in [0.5, 0.6) is 0 Å². The second kappa shape index (κ2) is 9.43. The highest BCUT2D eigenvalue weighted by Gasteiger charge is 2.48. The molecule has 2 aliphatic rings. The number of sulfone groups is 2. The van der Waals surface area contributed by atoms with Gasteiger partial charge in [-0.25, -0.2) is 21.2 Å². The van der Waals surface area contributed by atoms with Gasteiger partial charge in [-0.15, -0.1) is 0 Å². The van der Waals surface area contributed by atoms with Crippen LogP contribution < -0.4 is 0 Å². The summed E-state index contributed by atoms with van der Waals surface area (Å²) in [4.78, 5) is 4.23. The molecule has 0 N–H and O–H groups in total. The normalized spacial score (nSPS) is 24.8. The summed E-state index contributed by atoms with van der Waals surface area (Å²) in [6.45, 7) is 3.46. The monoisotopic (exact) mass is 478 g/mol. The quantitative estimate of drug-likeness (QED) is 0.592. The first-order valence-electron chi connectivity index (χ1n) is 10.6. The molecular formula is C23H27FN2O4S2. The van der Waals surface area contributed by atoms with Crippen molar-refractivity contribution in [2.45, 2.75) is 16.2 Å². The van der Waals surface area contributed by atoms with Crippen molar-refractivity contribution < 1.29 is 21.2 Å². The van der Waals surface area contributed by atoms with Crippen molar-refractivity contribution >= 4 is 25.8 Å². The summed E-state index contributed by atoms with van der Waals surface area (Å²) in [5.41, 5.74) is 1.14. The summed E-state index contributed by atoms with van der Waals surface area (Å²) in [7, 11) is -7.37. The lowest BCUT2D eigenvalue weighted by Gasteiger charge is -2.39. The van der Waals surface area contributed by atoms with Crippen molar-refractivity contribution in [3.8, 4) is 0 Å². The van der Waals surface area contributed by atoms with E-state index in [0.29, 0.717) is 13.1 Å². The van der Waals surface area contributed by atoms with E-state index in [1.807, 2.05) is 35.2 Å². The molecule has 0 aliphatic carbocycles. The summed E-state index contributed by atoms with van der Waals surface area (Å²) in [6, 6.07) is 14.1. The van der Waals surface area contributed by atoms with Gasteiger partial charge in [0, 0.05) is 38.8 Å². The molecule has 0 radical (unpaired) electrons. The van der Waals surface area contributed by atoms with Crippen molar-refractivity contribution in [3.05, 3.63) is 72.1 Å². The van der Waals surface area contributed by atoms with Crippen LogP contribution in [0, 0.1) is 5.82 Å². The largest absolute Gasteiger partial charge is 0.297 e. The highest BCUT2D eigenvalue weighted by atomic mass is 32.2. The molecule has 2 aromatic rings. The van der Waals surface area contributed by atoms with Gasteiger partial charge in [-0.2, -0.15) is 0 Å². The van der Waals surface area contributed by atoms with Gasteiger partial charge in [0.2, 0.25) is 0 Å². The van der Waals surface area contributed by atoms with Crippen molar-refractivity contribution in [3.63, 3.8) is 0 Å². The molecule has 6 nitrogen and oxygen atoms in total. The van der Waals surface area contributed by atoms with Crippen LogP contribution in [0.3, 0.4) is 0 Å². The molecule has 0 aromatic heterocycles. The van der Waals surface area contributed by atoms with Crippen LogP contribution in [-0.4, -0.2) is 82.2 Å². The first-order valence-corrected chi connectivity index (χ1v) is 14.0. The van der Waals surface area contributed by atoms with E-state index in [0.717, 1.165) is 37.3 Å². The maximum atomic E-state index is 13.3. The number of rotatable bonds is 6. The maximum absolute atomic E-state index is 13.3. The van der Waals surface area contributed by atoms with Gasteiger partial charge in [0.15, 0.2) is 19.7 Å². The van der Waals surface area contributed by atoms with E-state index < -0.39 is 42.5 Å². The van der Waals surface area contributed by atoms with Crippen LogP contribution in [-0.2, 0) is 19.7 Å². The van der Waals surface area contributed by atoms with Crippen LogP contribution in [0.15, 0.2) is 65.6 Å². The predicted molar refractivity (Wildman–Crippen MR) is 123 cm³/mol. The second-order valence-corrected chi connectivity index (χ2v) is 12.7. The second-order valence-electron chi connectivity index (χ2n) is 8.33. The van der Waals surface area contributed by atoms with Gasteiger partial charge >= 0.3 is 0 Å². The molecule has 2 atom stereocenters. The van der Waals surface area contributed by atoms with Crippen molar-refractivity contribution in [2.24, 2.45) is 0 Å². The zero-order valence-electron chi connectivity index (χ0n) is 17.7. The molecule has 2 saturated heterocycles. The molecule has 0 bridgehead atoms. The topological polar surface area (TPSA) is 74.8 Å². The Balaban J connectivity index is 1.42. The average molecular weight is 479 g/mol. The Morgan fingerprint density at radius 2 is 1.59 bits per heavy atom. The highest BCUT2D eigenvalue weighted by Crippen LogP contribution is 2.29. The van der Waals surface area contributed by atoms with Gasteiger partial charge in [-0.05, 0) is 29.8 Å². The average Bonchev–Trinajstić information content (AvgIpc) is 3.12. The molecule has 0 saturated carbocycles. The van der Waals surface area contributed by atoms with Crippen LogP contribution >= 0.6 is 0 Å². The third-order valence-corrected chi connectivity index (χ3v) is 10.3. The van der Waals surface area contributed by atoms with E-state index in [1.165, 1.54) is 12.1 Å². The Hall–Kier alpha value is -2.07. The number of halogens is 1. The van der Waals surface area contributed by atoms with Crippen LogP contribution in [0.4, 0.5) is 4.39 Å². The first-order chi connectivity index (χ1) is 15.2. The molecule has 2 fully saturated rings. The van der Waals surface area contributed by atoms with Crippen molar-refractivity contribution in [1.29, 1.82) is 0 Å². The van der Waals surface area contributed by atoms with Crippen LogP contribution in [0.1, 0.15) is 5.56 Å². The number of hydrogen-bond donors (Lipinski definition) is 0. The fourth-order valence-corrected chi connectivity index (χ4v) is 9.24. The number of piperazine rings is 1. The third kappa shape index (κ3) is 5.28. The van der Waals surface area contributed by atoms with Crippen LogP contribution in [0.2, 0.25) is 0 Å². The highest BCUT2D eigenvalue weighted by molar-refractivity contribution is 7.96. The first kappa shape index (κ1) is 23.1. The fraction of sp³-hybridized carbons (Fsp3) is 0.391. The minimum absolute atomic E-state index is 0.0318. The molecule has 2 aromatic carbocycles. The Morgan fingerprint density at radius 1 is 0.938 bits per heavy atom. The zero-order valence-corrected chi connectivity index (χ0v) is 19.3. The SMILES string of the molecule is O=S1(=O)C[C@H](N2CCN(CC=Cc3ccccc3)CC2)[C@@H](S(=O)(=O)c2ccc(F)cc2)C1. The number of nitrogens with zero attached hydrogens (tertiary/aromatic N) is 2. The molecule has 0 unspecified atom stereocenters. The Kier molecular flexibility index (Phi) is 6.80. The minimum atomic E-state index is -3.90. The van der Waals surface area contributed by atoms with E-state index >= 15 is 0 Å². The molecule has 172 valence electrons. The maximum Gasteiger partial charge on any atom is 0.183 e. The van der Waals surface area contributed by atoms with E-state index in [4.69, 9.17) is 0 Å². The van der Waals surface area contributed by atoms with Crippen molar-refractivity contribution in [1.82, 2.24) is 9.80 Å². The lowest BCUT2D eigenvalue weighted by molar-refractivity contribution is 0.113. The number of benzene rings is 2. The van der Waals surface area contributed by atoms with Gasteiger partial charge in [0.05, 0.1) is 21.7 Å². The fourth-order valence-electron chi connectivity index (χ4n) is 4.41. The lowest BCUT2D eigenvalue weighted by atomic mass is 10.1. The molecule has 0 amide bonds. The standard InChI is InChI=1S/C23H27FN2O4S2/c24-20-8-10-21(11-9-20)32(29,30)23-18-31(27,28)17-22(23)26-15-13-25(14-16-26)12-4-7-19-5-2-1-3-6-19/h1-11,22-23H,12-18H2/t22-,23-/m0/s1. The van der Waals surface area contributed by atoms with E-state index in [1.54, 1.807) is 0 Å². The molecule has 2 heterocycles. The summed E-state index contributed by atoms with van der Waals surface area (Å²) >= 11 is 0. The smallest absolute Gasteiger partial charge is 0.183 e.